The summed E-state index contributed by atoms with van der Waals surface area (Å²) in [6, 6.07) is 27.9. The summed E-state index contributed by atoms with van der Waals surface area (Å²) < 4.78 is 24.8. The van der Waals surface area contributed by atoms with E-state index in [9.17, 15) is 0 Å². The first-order valence-electron chi connectivity index (χ1n) is 31.3. The van der Waals surface area contributed by atoms with Gasteiger partial charge >= 0.3 is 20.4 Å². The van der Waals surface area contributed by atoms with Crippen LogP contribution in [0.3, 0.4) is 0 Å². The number of nitrogens with zero attached hydrogens (tertiary/aromatic N) is 6. The van der Waals surface area contributed by atoms with Crippen LogP contribution in [0.5, 0.6) is 23.0 Å². The van der Waals surface area contributed by atoms with Gasteiger partial charge in [-0.2, -0.15) is 0 Å². The smallest absolute Gasteiger partial charge is 0.573 e. The average molecular weight is 1170 g/mol. The van der Waals surface area contributed by atoms with Gasteiger partial charge < -0.3 is 39.3 Å². The Morgan fingerprint density at radius 1 is 0.304 bits per heavy atom. The molecular formula is C68H100N6O4Pd. The second-order valence-corrected chi connectivity index (χ2v) is 21.3. The van der Waals surface area contributed by atoms with Crippen molar-refractivity contribution in [2.75, 3.05) is 26.4 Å². The molecule has 10 nitrogen and oxygen atoms in total. The SMILES string of the molecule is CCCCCCCCCCOc1cc(OCCCCCCCCCC)cc(-c2cc(-c3ccccn3)[n-]n2)c1.CCCCCCCCCCOc1cc(OCCCCCCCCCC)cc(-c2cc(-c3ccccn3)[n-]n2)c1.[Pd+2]. The van der Waals surface area contributed by atoms with E-state index in [1.54, 1.807) is 12.4 Å². The summed E-state index contributed by atoms with van der Waals surface area (Å²) in [6.07, 6.45) is 44.8. The molecule has 0 radical (unpaired) electrons. The third-order valence-corrected chi connectivity index (χ3v) is 14.4. The van der Waals surface area contributed by atoms with Crippen LogP contribution in [0.1, 0.15) is 233 Å². The maximum Gasteiger partial charge on any atom is 2.00 e. The zero-order valence-electron chi connectivity index (χ0n) is 49.3. The number of benzene rings is 2. The Bertz CT molecular complexity index is 2130. The molecule has 0 aliphatic rings. The minimum atomic E-state index is 0. The third kappa shape index (κ3) is 28.8. The van der Waals surface area contributed by atoms with Crippen molar-refractivity contribution < 1.29 is 39.4 Å². The molecule has 0 aliphatic heterocycles. The number of hydrogen-bond acceptors (Lipinski definition) is 8. The van der Waals surface area contributed by atoms with Crippen LogP contribution in [0.25, 0.3) is 45.3 Å². The molecule has 6 rings (SSSR count). The number of rotatable bonds is 44. The van der Waals surface area contributed by atoms with Gasteiger partial charge in [0.15, 0.2) is 0 Å². The second-order valence-electron chi connectivity index (χ2n) is 21.3. The molecule has 79 heavy (non-hydrogen) atoms. The topological polar surface area (TPSA) is 117 Å². The van der Waals surface area contributed by atoms with E-state index in [2.05, 4.69) is 82.3 Å². The molecular weight excluding hydrogens is 1070 g/mol. The van der Waals surface area contributed by atoms with Gasteiger partial charge in [-0.05, 0) is 86.3 Å². The Morgan fingerprint density at radius 3 is 0.823 bits per heavy atom. The number of unbranched alkanes of at least 4 members (excludes halogenated alkanes) is 28. The molecule has 0 atom stereocenters. The largest absolute Gasteiger partial charge is 2.00 e. The molecule has 6 aromatic rings. The molecule has 0 fully saturated rings. The molecule has 436 valence electrons. The zero-order valence-corrected chi connectivity index (χ0v) is 50.9. The van der Waals surface area contributed by atoms with Gasteiger partial charge in [-0.3, -0.25) is 9.97 Å². The molecule has 0 amide bonds. The summed E-state index contributed by atoms with van der Waals surface area (Å²) >= 11 is 0. The van der Waals surface area contributed by atoms with Crippen molar-refractivity contribution >= 4 is 0 Å². The van der Waals surface area contributed by atoms with Crippen LogP contribution in [-0.2, 0) is 20.4 Å². The van der Waals surface area contributed by atoms with Crippen molar-refractivity contribution in [1.82, 2.24) is 30.4 Å². The van der Waals surface area contributed by atoms with Gasteiger partial charge in [0.1, 0.15) is 23.0 Å². The standard InChI is InChI=1S/2C34H50N3O2.Pd/c2*1-3-5-7-9-11-13-15-19-23-38-30-25-29(33-28-34(37-36-33)32-21-17-18-22-35-32)26-31(27-30)39-24-20-16-14-12-10-8-6-4-2;/h2*17-18,21-22,25-28H,3-16,19-20,23-24H2,1-2H3;/q2*-1;+2. The van der Waals surface area contributed by atoms with Crippen molar-refractivity contribution in [3.63, 3.8) is 0 Å². The maximum absolute atomic E-state index is 6.20. The summed E-state index contributed by atoms with van der Waals surface area (Å²) in [5.41, 5.74) is 6.74. The van der Waals surface area contributed by atoms with Gasteiger partial charge in [0.05, 0.1) is 26.4 Å². The monoisotopic (exact) mass is 1170 g/mol. The number of ether oxygens (including phenoxy) is 4. The van der Waals surface area contributed by atoms with Crippen molar-refractivity contribution in [3.05, 3.63) is 97.3 Å². The average Bonchev–Trinajstić information content (AvgIpc) is 4.21. The second kappa shape index (κ2) is 43.8. The molecule has 4 aromatic heterocycles. The molecule has 0 saturated heterocycles. The first kappa shape index (κ1) is 66.5. The van der Waals surface area contributed by atoms with Crippen LogP contribution in [0, 0.1) is 0 Å². The molecule has 0 spiro atoms. The fraction of sp³-hybridized carbons (Fsp3) is 0.588. The Kier molecular flexibility index (Phi) is 36.9. The van der Waals surface area contributed by atoms with Crippen LogP contribution in [0.2, 0.25) is 0 Å². The fourth-order valence-corrected chi connectivity index (χ4v) is 9.63. The first-order chi connectivity index (χ1) is 38.6. The summed E-state index contributed by atoms with van der Waals surface area (Å²) in [7, 11) is 0. The van der Waals surface area contributed by atoms with Gasteiger partial charge in [-0.15, -0.1) is 0 Å². The summed E-state index contributed by atoms with van der Waals surface area (Å²) in [5.74, 6) is 3.35. The number of hydrogen-bond donors (Lipinski definition) is 0. The normalized spacial score (nSPS) is 11.0. The van der Waals surface area contributed by atoms with Crippen LogP contribution >= 0.6 is 0 Å². The van der Waals surface area contributed by atoms with Gasteiger partial charge in [-0.25, -0.2) is 0 Å². The van der Waals surface area contributed by atoms with E-state index in [0.717, 1.165) is 120 Å². The number of pyridine rings is 2. The summed E-state index contributed by atoms with van der Waals surface area (Å²) in [4.78, 5) is 8.82. The first-order valence-corrected chi connectivity index (χ1v) is 31.3. The van der Waals surface area contributed by atoms with Crippen LogP contribution < -0.4 is 29.1 Å². The Hall–Kier alpha value is -4.98. The Morgan fingerprint density at radius 2 is 0.570 bits per heavy atom. The molecule has 0 aliphatic carbocycles. The van der Waals surface area contributed by atoms with Gasteiger partial charge in [0, 0.05) is 58.4 Å². The van der Waals surface area contributed by atoms with Crippen molar-refractivity contribution in [2.24, 2.45) is 0 Å². The third-order valence-electron chi connectivity index (χ3n) is 14.4. The zero-order chi connectivity index (χ0) is 54.8. The van der Waals surface area contributed by atoms with E-state index < -0.39 is 0 Å². The molecule has 11 heteroatoms. The van der Waals surface area contributed by atoms with E-state index in [4.69, 9.17) is 18.9 Å². The Labute approximate surface area is 492 Å². The van der Waals surface area contributed by atoms with Crippen molar-refractivity contribution in [2.45, 2.75) is 233 Å². The Balaban J connectivity index is 0.000000336. The molecule has 4 heterocycles. The minimum absolute atomic E-state index is 0. The minimum Gasteiger partial charge on any atom is -0.573 e. The van der Waals surface area contributed by atoms with Gasteiger partial charge in [0.2, 0.25) is 0 Å². The predicted molar refractivity (Wildman–Crippen MR) is 325 cm³/mol. The van der Waals surface area contributed by atoms with Gasteiger partial charge in [-0.1, -0.05) is 231 Å². The number of aromatic nitrogens is 6. The van der Waals surface area contributed by atoms with E-state index in [1.165, 1.54) is 180 Å². The predicted octanol–water partition coefficient (Wildman–Crippen LogP) is 19.6. The molecule has 0 saturated carbocycles. The molecule has 0 bridgehead atoms. The molecule has 0 N–H and O–H groups in total. The van der Waals surface area contributed by atoms with Crippen molar-refractivity contribution in [3.8, 4) is 68.3 Å². The van der Waals surface area contributed by atoms with Crippen LogP contribution in [0.15, 0.2) is 97.3 Å². The van der Waals surface area contributed by atoms with E-state index in [1.807, 2.05) is 60.7 Å². The maximum atomic E-state index is 6.20. The van der Waals surface area contributed by atoms with Crippen LogP contribution in [-0.4, -0.2) is 46.6 Å². The summed E-state index contributed by atoms with van der Waals surface area (Å²) in [5, 5.41) is 17.6. The fourth-order valence-electron chi connectivity index (χ4n) is 9.63. The van der Waals surface area contributed by atoms with Crippen LogP contribution in [0.4, 0.5) is 0 Å². The van der Waals surface area contributed by atoms with E-state index >= 15 is 0 Å². The quantitative estimate of drug-likeness (QED) is 0.0270. The van der Waals surface area contributed by atoms with Crippen molar-refractivity contribution in [1.29, 1.82) is 0 Å². The molecule has 2 aromatic carbocycles. The van der Waals surface area contributed by atoms with Gasteiger partial charge in [0.25, 0.3) is 0 Å². The van der Waals surface area contributed by atoms with E-state index in [-0.39, 0.29) is 20.4 Å². The van der Waals surface area contributed by atoms with E-state index in [0.29, 0.717) is 0 Å². The summed E-state index contributed by atoms with van der Waals surface area (Å²) in [6.45, 7) is 12.0. The molecule has 0 unspecified atom stereocenters.